The van der Waals surface area contributed by atoms with Crippen LogP contribution in [0, 0.1) is 5.92 Å². The molecule has 1 aliphatic rings. The van der Waals surface area contributed by atoms with Gasteiger partial charge in [-0.05, 0) is 25.0 Å². The summed E-state index contributed by atoms with van der Waals surface area (Å²) in [4.78, 5) is 11.1. The van der Waals surface area contributed by atoms with E-state index in [0.717, 1.165) is 12.1 Å². The predicted molar refractivity (Wildman–Crippen MR) is 67.4 cm³/mol. The van der Waals surface area contributed by atoms with E-state index in [1.54, 1.807) is 0 Å². The minimum Gasteiger partial charge on any atom is -0.480 e. The van der Waals surface area contributed by atoms with Crippen molar-refractivity contribution in [2.75, 3.05) is 0 Å². The van der Waals surface area contributed by atoms with Crippen LogP contribution in [0.15, 0.2) is 35.2 Å². The molecule has 0 amide bonds. The molecule has 2 rings (SSSR count). The molecule has 1 aromatic rings. The smallest absolute Gasteiger partial charge is 0.393 e. The van der Waals surface area contributed by atoms with Crippen LogP contribution in [0.1, 0.15) is 19.3 Å². The molecule has 1 aromatic carbocycles. The summed E-state index contributed by atoms with van der Waals surface area (Å²) in [6.07, 6.45) is -6.01. The Morgan fingerprint density at radius 2 is 1.81 bits per heavy atom. The molecule has 21 heavy (non-hydrogen) atoms. The Morgan fingerprint density at radius 3 is 2.29 bits per heavy atom. The SMILES string of the molecule is O=C(O)C1(S(=O)(=O)c2ccccc2)CCCC1C(F)(F)F. The largest absolute Gasteiger partial charge is 0.480 e. The van der Waals surface area contributed by atoms with Crippen LogP contribution in [0.3, 0.4) is 0 Å². The maximum absolute atomic E-state index is 13.1. The van der Waals surface area contributed by atoms with Crippen molar-refractivity contribution < 1.29 is 31.5 Å². The number of sulfone groups is 1. The summed E-state index contributed by atoms with van der Waals surface area (Å²) in [5, 5.41) is 9.32. The van der Waals surface area contributed by atoms with Crippen molar-refractivity contribution in [1.82, 2.24) is 0 Å². The van der Waals surface area contributed by atoms with Gasteiger partial charge in [-0.25, -0.2) is 8.42 Å². The van der Waals surface area contributed by atoms with Crippen molar-refractivity contribution >= 4 is 15.8 Å². The lowest BCUT2D eigenvalue weighted by Crippen LogP contribution is -2.54. The fourth-order valence-electron chi connectivity index (χ4n) is 2.91. The van der Waals surface area contributed by atoms with Gasteiger partial charge in [-0.1, -0.05) is 24.6 Å². The second-order valence-electron chi connectivity index (χ2n) is 5.00. The fourth-order valence-corrected chi connectivity index (χ4v) is 5.11. The quantitative estimate of drug-likeness (QED) is 0.928. The van der Waals surface area contributed by atoms with E-state index in [1.165, 1.54) is 18.2 Å². The van der Waals surface area contributed by atoms with E-state index in [1.807, 2.05) is 0 Å². The first-order valence-electron chi connectivity index (χ1n) is 6.24. The molecule has 1 N–H and O–H groups in total. The van der Waals surface area contributed by atoms with E-state index >= 15 is 0 Å². The van der Waals surface area contributed by atoms with Crippen molar-refractivity contribution in [3.8, 4) is 0 Å². The van der Waals surface area contributed by atoms with Crippen LogP contribution < -0.4 is 0 Å². The minimum absolute atomic E-state index is 0.0947. The van der Waals surface area contributed by atoms with Gasteiger partial charge >= 0.3 is 12.1 Å². The third-order valence-corrected chi connectivity index (χ3v) is 6.41. The monoisotopic (exact) mass is 322 g/mol. The number of alkyl halides is 3. The summed E-state index contributed by atoms with van der Waals surface area (Å²) >= 11 is 0. The van der Waals surface area contributed by atoms with Crippen LogP contribution in [0.5, 0.6) is 0 Å². The summed E-state index contributed by atoms with van der Waals surface area (Å²) in [5.74, 6) is -4.33. The van der Waals surface area contributed by atoms with Crippen LogP contribution in [-0.4, -0.2) is 30.4 Å². The maximum atomic E-state index is 13.1. The predicted octanol–water partition coefficient (Wildman–Crippen LogP) is 2.65. The highest BCUT2D eigenvalue weighted by molar-refractivity contribution is 7.93. The van der Waals surface area contributed by atoms with E-state index in [9.17, 15) is 31.5 Å². The number of carbonyl (C=O) groups is 1. The first-order valence-corrected chi connectivity index (χ1v) is 7.72. The molecule has 1 saturated carbocycles. The van der Waals surface area contributed by atoms with E-state index in [-0.39, 0.29) is 6.42 Å². The number of benzene rings is 1. The van der Waals surface area contributed by atoms with Gasteiger partial charge < -0.3 is 5.11 Å². The van der Waals surface area contributed by atoms with Crippen LogP contribution in [0.2, 0.25) is 0 Å². The van der Waals surface area contributed by atoms with Gasteiger partial charge in [0.05, 0.1) is 10.8 Å². The Labute approximate surface area is 119 Å². The van der Waals surface area contributed by atoms with Gasteiger partial charge in [-0.2, -0.15) is 13.2 Å². The zero-order chi connectivity index (χ0) is 15.9. The highest BCUT2D eigenvalue weighted by atomic mass is 32.2. The Kier molecular flexibility index (Phi) is 3.77. The zero-order valence-corrected chi connectivity index (χ0v) is 11.6. The summed E-state index contributed by atoms with van der Waals surface area (Å²) in [5.41, 5.74) is 0. The van der Waals surface area contributed by atoms with Gasteiger partial charge in [0, 0.05) is 0 Å². The number of aliphatic carboxylic acids is 1. The fraction of sp³-hybridized carbons (Fsp3) is 0.462. The molecule has 1 aliphatic carbocycles. The number of carboxylic acids is 1. The number of carboxylic acid groups (broad SMARTS) is 1. The molecule has 8 heteroatoms. The number of rotatable bonds is 3. The third kappa shape index (κ3) is 2.31. The Bertz CT molecular complexity index is 639. The first-order chi connectivity index (χ1) is 9.64. The summed E-state index contributed by atoms with van der Waals surface area (Å²) in [7, 11) is -4.65. The highest BCUT2D eigenvalue weighted by Gasteiger charge is 2.67. The minimum atomic E-state index is -4.88. The Balaban J connectivity index is 2.67. The van der Waals surface area contributed by atoms with Gasteiger partial charge in [0.15, 0.2) is 14.6 Å². The number of hydrogen-bond donors (Lipinski definition) is 1. The number of hydrogen-bond acceptors (Lipinski definition) is 3. The molecule has 0 spiro atoms. The van der Waals surface area contributed by atoms with Crippen molar-refractivity contribution in [2.45, 2.75) is 35.1 Å². The molecular formula is C13H13F3O4S. The van der Waals surface area contributed by atoms with Crippen molar-refractivity contribution in [2.24, 2.45) is 5.92 Å². The van der Waals surface area contributed by atoms with E-state index in [4.69, 9.17) is 0 Å². The molecule has 2 unspecified atom stereocenters. The first kappa shape index (κ1) is 15.8. The van der Waals surface area contributed by atoms with Gasteiger partial charge in [0.25, 0.3) is 0 Å². The highest BCUT2D eigenvalue weighted by Crippen LogP contribution is 2.51. The van der Waals surface area contributed by atoms with Gasteiger partial charge in [0.2, 0.25) is 0 Å². The Hall–Kier alpha value is -1.57. The summed E-state index contributed by atoms with van der Waals surface area (Å²) in [6, 6.07) is 6.43. The molecule has 0 aliphatic heterocycles. The summed E-state index contributed by atoms with van der Waals surface area (Å²) in [6.45, 7) is 0. The lowest BCUT2D eigenvalue weighted by molar-refractivity contribution is -0.187. The van der Waals surface area contributed by atoms with Crippen LogP contribution in [-0.2, 0) is 14.6 Å². The topological polar surface area (TPSA) is 71.4 Å². The average Bonchev–Trinajstić information content (AvgIpc) is 2.86. The number of halogens is 3. The van der Waals surface area contributed by atoms with Crippen LogP contribution in [0.4, 0.5) is 13.2 Å². The molecule has 116 valence electrons. The molecule has 0 radical (unpaired) electrons. The van der Waals surface area contributed by atoms with Crippen LogP contribution >= 0.6 is 0 Å². The zero-order valence-electron chi connectivity index (χ0n) is 10.8. The molecule has 0 heterocycles. The standard InChI is InChI=1S/C13H13F3O4S/c14-13(15,16)10-7-4-8-12(10,11(17)18)21(19,20)9-5-2-1-3-6-9/h1-3,5-6,10H,4,7-8H2,(H,17,18). The second-order valence-corrected chi connectivity index (χ2v) is 7.20. The van der Waals surface area contributed by atoms with Gasteiger partial charge in [-0.3, -0.25) is 4.79 Å². The third-order valence-electron chi connectivity index (χ3n) is 3.89. The normalized spacial score (nSPS) is 26.7. The molecule has 0 saturated heterocycles. The van der Waals surface area contributed by atoms with Gasteiger partial charge in [-0.15, -0.1) is 0 Å². The molecule has 1 fully saturated rings. The van der Waals surface area contributed by atoms with E-state index < -0.39 is 50.4 Å². The summed E-state index contributed by atoms with van der Waals surface area (Å²) < 4.78 is 61.7. The van der Waals surface area contributed by atoms with Crippen molar-refractivity contribution in [1.29, 1.82) is 0 Å². The van der Waals surface area contributed by atoms with Gasteiger partial charge in [0.1, 0.15) is 0 Å². The van der Waals surface area contributed by atoms with Crippen LogP contribution in [0.25, 0.3) is 0 Å². The average molecular weight is 322 g/mol. The van der Waals surface area contributed by atoms with Crippen molar-refractivity contribution in [3.05, 3.63) is 30.3 Å². The van der Waals surface area contributed by atoms with E-state index in [0.29, 0.717) is 0 Å². The molecule has 2 atom stereocenters. The lowest BCUT2D eigenvalue weighted by Gasteiger charge is -2.32. The Morgan fingerprint density at radius 1 is 1.24 bits per heavy atom. The second kappa shape index (κ2) is 5.01. The molecular weight excluding hydrogens is 309 g/mol. The van der Waals surface area contributed by atoms with Crippen molar-refractivity contribution in [3.63, 3.8) is 0 Å². The lowest BCUT2D eigenvalue weighted by atomic mass is 9.94. The van der Waals surface area contributed by atoms with E-state index in [2.05, 4.69) is 0 Å². The maximum Gasteiger partial charge on any atom is 0.393 e. The molecule has 4 nitrogen and oxygen atoms in total. The molecule has 0 aromatic heterocycles. The molecule has 0 bridgehead atoms.